The maximum absolute atomic E-state index is 12.1. The summed E-state index contributed by atoms with van der Waals surface area (Å²) in [5.74, 6) is 1.61. The molecule has 1 aromatic carbocycles. The molecule has 6 nitrogen and oxygen atoms in total. The molecule has 1 saturated heterocycles. The number of rotatable bonds is 5. The van der Waals surface area contributed by atoms with Gasteiger partial charge in [0.15, 0.2) is 0 Å². The molecule has 6 heteroatoms. The minimum absolute atomic E-state index is 0.136. The van der Waals surface area contributed by atoms with E-state index >= 15 is 0 Å². The summed E-state index contributed by atoms with van der Waals surface area (Å²) in [5.41, 5.74) is 2.07. The Hall–Kier alpha value is -2.37. The molecule has 0 spiro atoms. The fourth-order valence-corrected chi connectivity index (χ4v) is 3.20. The Labute approximate surface area is 148 Å². The van der Waals surface area contributed by atoms with Crippen molar-refractivity contribution < 1.29 is 9.32 Å². The lowest BCUT2D eigenvalue weighted by Crippen LogP contribution is -2.39. The quantitative estimate of drug-likeness (QED) is 0.834. The number of amides is 1. The fraction of sp³-hybridized carbons (Fsp3) is 0.526. The lowest BCUT2D eigenvalue weighted by atomic mass is 9.97. The van der Waals surface area contributed by atoms with Crippen LogP contribution in [-0.4, -0.2) is 48.1 Å². The average molecular weight is 342 g/mol. The van der Waals surface area contributed by atoms with Gasteiger partial charge in [0.2, 0.25) is 17.6 Å². The molecule has 1 atom stereocenters. The Morgan fingerprint density at radius 2 is 2.08 bits per heavy atom. The molecule has 1 fully saturated rings. The van der Waals surface area contributed by atoms with Crippen LogP contribution in [0.2, 0.25) is 0 Å². The van der Waals surface area contributed by atoms with Gasteiger partial charge < -0.3 is 14.3 Å². The number of carbonyl (C=O) groups is 1. The molecular weight excluding hydrogens is 316 g/mol. The maximum Gasteiger partial charge on any atom is 0.231 e. The number of likely N-dealkylation sites (tertiary alicyclic amines) is 1. The van der Waals surface area contributed by atoms with Crippen LogP contribution in [0.4, 0.5) is 5.69 Å². The Bertz CT molecular complexity index is 708. The number of aromatic nitrogens is 2. The summed E-state index contributed by atoms with van der Waals surface area (Å²) in [4.78, 5) is 20.7. The van der Waals surface area contributed by atoms with E-state index < -0.39 is 0 Å². The van der Waals surface area contributed by atoms with Crippen LogP contribution in [0.25, 0.3) is 11.4 Å². The fourth-order valence-electron chi connectivity index (χ4n) is 3.20. The molecule has 2 aromatic rings. The molecule has 1 aromatic heterocycles. The molecule has 3 rings (SSSR count). The SMILES string of the molecule is CCCC(=O)N1CCC[C@H](c2nc(-c3ccc(N(C)C)cc3)no2)C1. The van der Waals surface area contributed by atoms with Gasteiger partial charge in [0.25, 0.3) is 0 Å². The molecule has 1 amide bonds. The van der Waals surface area contributed by atoms with Crippen molar-refractivity contribution in [3.05, 3.63) is 30.2 Å². The van der Waals surface area contributed by atoms with Gasteiger partial charge in [-0.05, 0) is 43.5 Å². The van der Waals surface area contributed by atoms with Gasteiger partial charge in [-0.1, -0.05) is 12.1 Å². The highest BCUT2D eigenvalue weighted by Crippen LogP contribution is 2.28. The highest BCUT2D eigenvalue weighted by molar-refractivity contribution is 5.76. The summed E-state index contributed by atoms with van der Waals surface area (Å²) in [7, 11) is 4.02. The Kier molecular flexibility index (Phi) is 5.36. The number of hydrogen-bond acceptors (Lipinski definition) is 5. The number of hydrogen-bond donors (Lipinski definition) is 0. The Morgan fingerprint density at radius 3 is 2.76 bits per heavy atom. The summed E-state index contributed by atoms with van der Waals surface area (Å²) in [6.45, 7) is 3.55. The third-order valence-corrected chi connectivity index (χ3v) is 4.67. The predicted molar refractivity (Wildman–Crippen MR) is 97.5 cm³/mol. The van der Waals surface area contributed by atoms with Crippen LogP contribution in [0.5, 0.6) is 0 Å². The minimum atomic E-state index is 0.136. The standard InChI is InChI=1S/C19H26N4O2/c1-4-6-17(24)23-12-5-7-15(13-23)19-20-18(21-25-19)14-8-10-16(11-9-14)22(2)3/h8-11,15H,4-7,12-13H2,1-3H3/t15-/m0/s1. The molecular formula is C19H26N4O2. The van der Waals surface area contributed by atoms with Gasteiger partial charge in [0.05, 0.1) is 5.92 Å². The smallest absolute Gasteiger partial charge is 0.231 e. The highest BCUT2D eigenvalue weighted by atomic mass is 16.5. The second-order valence-electron chi connectivity index (χ2n) is 6.83. The van der Waals surface area contributed by atoms with Crippen LogP contribution < -0.4 is 4.90 Å². The molecule has 0 bridgehead atoms. The van der Waals surface area contributed by atoms with Crippen molar-refractivity contribution in [1.29, 1.82) is 0 Å². The van der Waals surface area contributed by atoms with Gasteiger partial charge in [-0.3, -0.25) is 4.79 Å². The zero-order valence-corrected chi connectivity index (χ0v) is 15.2. The molecule has 134 valence electrons. The summed E-state index contributed by atoms with van der Waals surface area (Å²) >= 11 is 0. The van der Waals surface area contributed by atoms with Crippen LogP contribution >= 0.6 is 0 Å². The molecule has 1 aliphatic heterocycles. The van der Waals surface area contributed by atoms with E-state index in [0.29, 0.717) is 24.7 Å². The van der Waals surface area contributed by atoms with Crippen molar-refractivity contribution in [3.8, 4) is 11.4 Å². The number of carbonyl (C=O) groups excluding carboxylic acids is 1. The number of anilines is 1. The van der Waals surface area contributed by atoms with E-state index in [2.05, 4.69) is 15.0 Å². The van der Waals surface area contributed by atoms with Gasteiger partial charge in [-0.25, -0.2) is 0 Å². The lowest BCUT2D eigenvalue weighted by molar-refractivity contribution is -0.132. The molecule has 0 unspecified atom stereocenters. The van der Waals surface area contributed by atoms with E-state index in [1.54, 1.807) is 0 Å². The molecule has 0 N–H and O–H groups in total. The van der Waals surface area contributed by atoms with Gasteiger partial charge in [0.1, 0.15) is 0 Å². The molecule has 0 saturated carbocycles. The average Bonchev–Trinajstić information content (AvgIpc) is 3.12. The van der Waals surface area contributed by atoms with Crippen LogP contribution in [0, 0.1) is 0 Å². The van der Waals surface area contributed by atoms with Gasteiger partial charge >= 0.3 is 0 Å². The van der Waals surface area contributed by atoms with Crippen molar-refractivity contribution in [1.82, 2.24) is 15.0 Å². The van der Waals surface area contributed by atoms with Crippen molar-refractivity contribution in [2.45, 2.75) is 38.5 Å². The minimum Gasteiger partial charge on any atom is -0.378 e. The first-order valence-corrected chi connectivity index (χ1v) is 8.97. The topological polar surface area (TPSA) is 62.5 Å². The van der Waals surface area contributed by atoms with Gasteiger partial charge in [-0.15, -0.1) is 0 Å². The van der Waals surface area contributed by atoms with E-state index in [0.717, 1.165) is 37.1 Å². The summed E-state index contributed by atoms with van der Waals surface area (Å²) in [6.07, 6.45) is 3.46. The zero-order chi connectivity index (χ0) is 17.8. The highest BCUT2D eigenvalue weighted by Gasteiger charge is 2.28. The van der Waals surface area contributed by atoms with E-state index in [9.17, 15) is 4.79 Å². The van der Waals surface area contributed by atoms with Crippen molar-refractivity contribution in [2.24, 2.45) is 0 Å². The van der Waals surface area contributed by atoms with Gasteiger partial charge in [-0.2, -0.15) is 4.98 Å². The molecule has 1 aliphatic rings. The van der Waals surface area contributed by atoms with Crippen molar-refractivity contribution >= 4 is 11.6 Å². The third-order valence-electron chi connectivity index (χ3n) is 4.67. The van der Waals surface area contributed by atoms with E-state index in [1.165, 1.54) is 0 Å². The molecule has 0 aliphatic carbocycles. The predicted octanol–water partition coefficient (Wildman–Crippen LogP) is 3.31. The first kappa shape index (κ1) is 17.5. The van der Waals surface area contributed by atoms with Crippen LogP contribution in [-0.2, 0) is 4.79 Å². The lowest BCUT2D eigenvalue weighted by Gasteiger charge is -2.31. The molecule has 25 heavy (non-hydrogen) atoms. The monoisotopic (exact) mass is 342 g/mol. The second-order valence-corrected chi connectivity index (χ2v) is 6.83. The molecule has 2 heterocycles. The maximum atomic E-state index is 12.1. The number of nitrogens with zero attached hydrogens (tertiary/aromatic N) is 4. The Balaban J connectivity index is 1.71. The third kappa shape index (κ3) is 4.00. The van der Waals surface area contributed by atoms with Gasteiger partial charge in [0, 0.05) is 44.9 Å². The largest absolute Gasteiger partial charge is 0.378 e. The second kappa shape index (κ2) is 7.68. The first-order chi connectivity index (χ1) is 12.1. The Morgan fingerprint density at radius 1 is 1.32 bits per heavy atom. The first-order valence-electron chi connectivity index (χ1n) is 8.97. The van der Waals surface area contributed by atoms with Crippen LogP contribution in [0.1, 0.15) is 44.4 Å². The summed E-state index contributed by atoms with van der Waals surface area (Å²) in [6, 6.07) is 8.08. The summed E-state index contributed by atoms with van der Waals surface area (Å²) in [5, 5.41) is 4.14. The zero-order valence-electron chi connectivity index (χ0n) is 15.2. The number of benzene rings is 1. The number of piperidine rings is 1. The van der Waals surface area contributed by atoms with Crippen LogP contribution in [0.15, 0.2) is 28.8 Å². The van der Waals surface area contributed by atoms with Crippen molar-refractivity contribution in [3.63, 3.8) is 0 Å². The summed E-state index contributed by atoms with van der Waals surface area (Å²) < 4.78 is 5.51. The van der Waals surface area contributed by atoms with E-state index in [4.69, 9.17) is 4.52 Å². The van der Waals surface area contributed by atoms with E-state index in [1.807, 2.05) is 50.2 Å². The van der Waals surface area contributed by atoms with E-state index in [-0.39, 0.29) is 11.8 Å². The normalized spacial score (nSPS) is 17.6. The molecule has 0 radical (unpaired) electrons. The van der Waals surface area contributed by atoms with Crippen LogP contribution in [0.3, 0.4) is 0 Å². The van der Waals surface area contributed by atoms with Crippen molar-refractivity contribution in [2.75, 3.05) is 32.1 Å².